The maximum absolute atomic E-state index is 11.8. The largest absolute Gasteiger partial charge is 0.464 e. The second kappa shape index (κ2) is 3.63. The lowest BCUT2D eigenvalue weighted by Gasteiger charge is -2.22. The minimum Gasteiger partial charge on any atom is -0.464 e. The minimum atomic E-state index is -1.05. The number of carbonyl (C=O) groups excluding carboxylic acids is 2. The molecule has 1 aromatic carbocycles. The van der Waals surface area contributed by atoms with Gasteiger partial charge in [-0.2, -0.15) is 0 Å². The number of fused-ring (bicyclic) bond motifs is 1. The van der Waals surface area contributed by atoms with Crippen molar-refractivity contribution in [3.8, 4) is 0 Å². The fourth-order valence-corrected chi connectivity index (χ4v) is 1.92. The summed E-state index contributed by atoms with van der Waals surface area (Å²) in [5, 5.41) is 2.67. The Bertz CT molecular complexity index is 455. The lowest BCUT2D eigenvalue weighted by Crippen LogP contribution is -2.44. The number of esters is 1. The van der Waals surface area contributed by atoms with E-state index in [0.717, 1.165) is 0 Å². The number of carbonyl (C=O) groups is 2. The van der Waals surface area contributed by atoms with Crippen molar-refractivity contribution in [3.05, 3.63) is 35.4 Å². The molecule has 0 saturated heterocycles. The van der Waals surface area contributed by atoms with Crippen LogP contribution in [0.5, 0.6) is 0 Å². The van der Waals surface area contributed by atoms with Gasteiger partial charge in [0.05, 0.1) is 6.61 Å². The highest BCUT2D eigenvalue weighted by atomic mass is 16.5. The van der Waals surface area contributed by atoms with Crippen molar-refractivity contribution in [1.29, 1.82) is 0 Å². The monoisotopic (exact) mass is 219 g/mol. The van der Waals surface area contributed by atoms with Crippen molar-refractivity contribution in [2.75, 3.05) is 6.61 Å². The Morgan fingerprint density at radius 1 is 1.44 bits per heavy atom. The van der Waals surface area contributed by atoms with Crippen LogP contribution in [-0.2, 0) is 15.1 Å². The topological polar surface area (TPSA) is 55.4 Å². The second-order valence-electron chi connectivity index (χ2n) is 3.85. The molecule has 1 N–H and O–H groups in total. The number of hydrogen-bond acceptors (Lipinski definition) is 3. The van der Waals surface area contributed by atoms with E-state index in [2.05, 4.69) is 5.32 Å². The average molecular weight is 219 g/mol. The first kappa shape index (κ1) is 10.7. The molecule has 0 aromatic heterocycles. The van der Waals surface area contributed by atoms with Crippen LogP contribution in [0.4, 0.5) is 0 Å². The van der Waals surface area contributed by atoms with Crippen molar-refractivity contribution in [3.63, 3.8) is 0 Å². The van der Waals surface area contributed by atoms with E-state index in [1.54, 1.807) is 38.1 Å². The van der Waals surface area contributed by atoms with Gasteiger partial charge in [0.25, 0.3) is 5.91 Å². The Morgan fingerprint density at radius 2 is 2.12 bits per heavy atom. The molecule has 1 atom stereocenters. The van der Waals surface area contributed by atoms with Gasteiger partial charge in [0, 0.05) is 11.1 Å². The quantitative estimate of drug-likeness (QED) is 0.760. The predicted molar refractivity (Wildman–Crippen MR) is 57.9 cm³/mol. The van der Waals surface area contributed by atoms with Crippen LogP contribution in [0.25, 0.3) is 0 Å². The van der Waals surface area contributed by atoms with E-state index in [1.807, 2.05) is 0 Å². The van der Waals surface area contributed by atoms with Crippen LogP contribution in [0.3, 0.4) is 0 Å². The summed E-state index contributed by atoms with van der Waals surface area (Å²) in [6.45, 7) is 3.70. The summed E-state index contributed by atoms with van der Waals surface area (Å²) in [4.78, 5) is 23.5. The minimum absolute atomic E-state index is 0.230. The van der Waals surface area contributed by atoms with Crippen LogP contribution in [0.1, 0.15) is 29.8 Å². The first-order chi connectivity index (χ1) is 7.59. The van der Waals surface area contributed by atoms with E-state index in [0.29, 0.717) is 17.7 Å². The standard InChI is InChI=1S/C12H13NO3/c1-3-16-11(15)12(2)9-7-5-4-6-8(9)10(14)13-12/h4-7H,3H2,1-2H3,(H,13,14). The van der Waals surface area contributed by atoms with Crippen molar-refractivity contribution in [2.24, 2.45) is 0 Å². The molecule has 0 fully saturated rings. The van der Waals surface area contributed by atoms with Crippen LogP contribution >= 0.6 is 0 Å². The van der Waals surface area contributed by atoms with Crippen LogP contribution < -0.4 is 5.32 Å². The van der Waals surface area contributed by atoms with Gasteiger partial charge in [-0.15, -0.1) is 0 Å². The Morgan fingerprint density at radius 3 is 2.81 bits per heavy atom. The molecule has 4 nitrogen and oxygen atoms in total. The third-order valence-electron chi connectivity index (χ3n) is 2.76. The lowest BCUT2D eigenvalue weighted by atomic mass is 9.93. The number of ether oxygens (including phenoxy) is 1. The van der Waals surface area contributed by atoms with E-state index in [9.17, 15) is 9.59 Å². The second-order valence-corrected chi connectivity index (χ2v) is 3.85. The van der Waals surface area contributed by atoms with E-state index < -0.39 is 11.5 Å². The Balaban J connectivity index is 2.46. The van der Waals surface area contributed by atoms with E-state index >= 15 is 0 Å². The smallest absolute Gasteiger partial charge is 0.336 e. The molecule has 84 valence electrons. The van der Waals surface area contributed by atoms with Crippen LogP contribution in [-0.4, -0.2) is 18.5 Å². The third kappa shape index (κ3) is 1.38. The van der Waals surface area contributed by atoms with Crippen molar-refractivity contribution >= 4 is 11.9 Å². The zero-order valence-corrected chi connectivity index (χ0v) is 9.24. The molecule has 4 heteroatoms. The molecule has 1 aliphatic heterocycles. The number of rotatable bonds is 2. The number of hydrogen-bond donors (Lipinski definition) is 1. The first-order valence-corrected chi connectivity index (χ1v) is 5.19. The van der Waals surface area contributed by atoms with Crippen molar-refractivity contribution in [1.82, 2.24) is 5.32 Å². The summed E-state index contributed by atoms with van der Waals surface area (Å²) in [6.07, 6.45) is 0. The maximum Gasteiger partial charge on any atom is 0.336 e. The fourth-order valence-electron chi connectivity index (χ4n) is 1.92. The summed E-state index contributed by atoms with van der Waals surface area (Å²) < 4.78 is 4.98. The maximum atomic E-state index is 11.8. The average Bonchev–Trinajstić information content (AvgIpc) is 2.54. The SMILES string of the molecule is CCOC(=O)C1(C)NC(=O)c2ccccc21. The molecule has 0 aliphatic carbocycles. The van der Waals surface area contributed by atoms with E-state index in [-0.39, 0.29) is 5.91 Å². The van der Waals surface area contributed by atoms with Crippen molar-refractivity contribution in [2.45, 2.75) is 19.4 Å². The molecular formula is C12H13NO3. The molecule has 1 amide bonds. The highest BCUT2D eigenvalue weighted by Gasteiger charge is 2.45. The molecule has 0 bridgehead atoms. The van der Waals surface area contributed by atoms with Gasteiger partial charge in [-0.3, -0.25) is 4.79 Å². The van der Waals surface area contributed by atoms with E-state index in [1.165, 1.54) is 0 Å². The summed E-state index contributed by atoms with van der Waals surface area (Å²) in [5.74, 6) is -0.653. The summed E-state index contributed by atoms with van der Waals surface area (Å²) in [6, 6.07) is 7.05. The zero-order chi connectivity index (χ0) is 11.8. The first-order valence-electron chi connectivity index (χ1n) is 5.19. The molecular weight excluding hydrogens is 206 g/mol. The molecule has 1 unspecified atom stereocenters. The van der Waals surface area contributed by atoms with Crippen molar-refractivity contribution < 1.29 is 14.3 Å². The molecule has 1 heterocycles. The summed E-state index contributed by atoms with van der Waals surface area (Å²) in [5.41, 5.74) is 0.167. The van der Waals surface area contributed by atoms with Crippen LogP contribution in [0.15, 0.2) is 24.3 Å². The molecule has 0 radical (unpaired) electrons. The normalized spacial score (nSPS) is 22.5. The Kier molecular flexibility index (Phi) is 2.42. The van der Waals surface area contributed by atoms with Gasteiger partial charge in [0.1, 0.15) is 0 Å². The zero-order valence-electron chi connectivity index (χ0n) is 9.24. The molecule has 0 spiro atoms. The Hall–Kier alpha value is -1.84. The van der Waals surface area contributed by atoms with Gasteiger partial charge >= 0.3 is 5.97 Å². The molecule has 16 heavy (non-hydrogen) atoms. The number of benzene rings is 1. The third-order valence-corrected chi connectivity index (χ3v) is 2.76. The van der Waals surface area contributed by atoms with E-state index in [4.69, 9.17) is 4.74 Å². The fraction of sp³-hybridized carbons (Fsp3) is 0.333. The van der Waals surface area contributed by atoms with Gasteiger partial charge < -0.3 is 10.1 Å². The predicted octanol–water partition coefficient (Wildman–Crippen LogP) is 1.21. The molecule has 0 saturated carbocycles. The number of amides is 1. The highest BCUT2D eigenvalue weighted by Crippen LogP contribution is 2.31. The molecule has 2 rings (SSSR count). The van der Waals surface area contributed by atoms with Gasteiger partial charge in [0.15, 0.2) is 5.54 Å². The van der Waals surface area contributed by atoms with Gasteiger partial charge in [-0.05, 0) is 19.9 Å². The molecule has 1 aliphatic rings. The van der Waals surface area contributed by atoms with Gasteiger partial charge in [0.2, 0.25) is 0 Å². The van der Waals surface area contributed by atoms with Crippen LogP contribution in [0.2, 0.25) is 0 Å². The van der Waals surface area contributed by atoms with Gasteiger partial charge in [-0.1, -0.05) is 18.2 Å². The lowest BCUT2D eigenvalue weighted by molar-refractivity contribution is -0.150. The van der Waals surface area contributed by atoms with Crippen LogP contribution in [0, 0.1) is 0 Å². The summed E-state index contributed by atoms with van der Waals surface area (Å²) in [7, 11) is 0. The summed E-state index contributed by atoms with van der Waals surface area (Å²) >= 11 is 0. The molecule has 1 aromatic rings. The highest BCUT2D eigenvalue weighted by molar-refractivity contribution is 6.05. The Labute approximate surface area is 93.6 Å². The number of nitrogens with one attached hydrogen (secondary N) is 1. The van der Waals surface area contributed by atoms with Gasteiger partial charge in [-0.25, -0.2) is 4.79 Å².